The number of hydrogen-bond donors (Lipinski definition) is 1. The number of benzene rings is 1. The Bertz CT molecular complexity index is 573. The molecule has 2 saturated carbocycles. The minimum Gasteiger partial charge on any atom is -0.493 e. The van der Waals surface area contributed by atoms with E-state index in [2.05, 4.69) is 6.92 Å². The lowest BCUT2D eigenvalue weighted by molar-refractivity contribution is -0.142. The van der Waals surface area contributed by atoms with Crippen molar-refractivity contribution < 1.29 is 19.4 Å². The lowest BCUT2D eigenvalue weighted by atomic mass is 9.59. The SMILES string of the molecule is CO[C@@H]1C[C@@H]2C[C@@H](C)CC(=O)[C@]2(CCCO)[C@H]1COc1ccccc1. The van der Waals surface area contributed by atoms with Crippen molar-refractivity contribution >= 4 is 5.78 Å². The van der Waals surface area contributed by atoms with Crippen molar-refractivity contribution in [2.24, 2.45) is 23.2 Å². The van der Waals surface area contributed by atoms with Crippen LogP contribution in [0.25, 0.3) is 0 Å². The van der Waals surface area contributed by atoms with Crippen molar-refractivity contribution in [3.05, 3.63) is 30.3 Å². The van der Waals surface area contributed by atoms with Gasteiger partial charge in [0.15, 0.2) is 0 Å². The fourth-order valence-corrected chi connectivity index (χ4v) is 5.23. The molecule has 0 amide bonds. The Morgan fingerprint density at radius 3 is 2.68 bits per heavy atom. The lowest BCUT2D eigenvalue weighted by Crippen LogP contribution is -2.48. The van der Waals surface area contributed by atoms with Crippen LogP contribution in [0.5, 0.6) is 5.75 Å². The highest BCUT2D eigenvalue weighted by atomic mass is 16.5. The Labute approximate surface area is 150 Å². The molecule has 0 radical (unpaired) electrons. The molecule has 4 heteroatoms. The van der Waals surface area contributed by atoms with E-state index in [0.29, 0.717) is 37.1 Å². The van der Waals surface area contributed by atoms with Crippen LogP contribution in [0.15, 0.2) is 30.3 Å². The Morgan fingerprint density at radius 2 is 2.00 bits per heavy atom. The number of rotatable bonds is 7. The maximum atomic E-state index is 13.2. The van der Waals surface area contributed by atoms with E-state index in [9.17, 15) is 9.90 Å². The summed E-state index contributed by atoms with van der Waals surface area (Å²) in [5.41, 5.74) is -0.398. The molecule has 3 rings (SSSR count). The van der Waals surface area contributed by atoms with Crippen LogP contribution in [0.1, 0.15) is 39.0 Å². The van der Waals surface area contributed by atoms with Gasteiger partial charge in [-0.3, -0.25) is 4.79 Å². The highest BCUT2D eigenvalue weighted by molar-refractivity contribution is 5.87. The summed E-state index contributed by atoms with van der Waals surface area (Å²) < 4.78 is 11.9. The Balaban J connectivity index is 1.86. The van der Waals surface area contributed by atoms with Crippen molar-refractivity contribution in [1.82, 2.24) is 0 Å². The molecule has 4 nitrogen and oxygen atoms in total. The smallest absolute Gasteiger partial charge is 0.140 e. The summed E-state index contributed by atoms with van der Waals surface area (Å²) in [6.45, 7) is 2.79. The molecule has 0 aromatic heterocycles. The molecular formula is C21H30O4. The molecule has 138 valence electrons. The van der Waals surface area contributed by atoms with E-state index in [1.807, 2.05) is 30.3 Å². The number of Topliss-reactive ketones (excluding diaryl/α,β-unsaturated/α-hetero) is 1. The highest BCUT2D eigenvalue weighted by Gasteiger charge is 2.60. The Hall–Kier alpha value is -1.39. The molecule has 1 aromatic rings. The van der Waals surface area contributed by atoms with Crippen LogP contribution in [-0.2, 0) is 9.53 Å². The van der Waals surface area contributed by atoms with E-state index < -0.39 is 5.41 Å². The third kappa shape index (κ3) is 3.47. The molecule has 2 aliphatic rings. The van der Waals surface area contributed by atoms with Gasteiger partial charge in [-0.1, -0.05) is 25.1 Å². The molecule has 5 atom stereocenters. The second kappa shape index (κ2) is 7.88. The Kier molecular flexibility index (Phi) is 5.80. The van der Waals surface area contributed by atoms with Gasteiger partial charge < -0.3 is 14.6 Å². The predicted molar refractivity (Wildman–Crippen MR) is 96.5 cm³/mol. The molecule has 0 spiro atoms. The van der Waals surface area contributed by atoms with Gasteiger partial charge in [0.25, 0.3) is 0 Å². The van der Waals surface area contributed by atoms with Crippen LogP contribution in [0.4, 0.5) is 0 Å². The first-order valence-corrected chi connectivity index (χ1v) is 9.46. The molecule has 0 aliphatic heterocycles. The topological polar surface area (TPSA) is 55.8 Å². The number of fused-ring (bicyclic) bond motifs is 1. The van der Waals surface area contributed by atoms with Crippen molar-refractivity contribution in [2.45, 2.75) is 45.1 Å². The van der Waals surface area contributed by atoms with E-state index in [1.54, 1.807) is 7.11 Å². The minimum atomic E-state index is -0.398. The summed E-state index contributed by atoms with van der Waals surface area (Å²) in [5, 5.41) is 9.40. The predicted octanol–water partition coefficient (Wildman–Crippen LogP) is 3.47. The third-order valence-corrected chi connectivity index (χ3v) is 6.32. The first-order chi connectivity index (χ1) is 12.1. The summed E-state index contributed by atoms with van der Waals surface area (Å²) in [4.78, 5) is 13.2. The summed E-state index contributed by atoms with van der Waals surface area (Å²) in [6.07, 6.45) is 4.07. The molecule has 2 aliphatic carbocycles. The Morgan fingerprint density at radius 1 is 1.24 bits per heavy atom. The van der Waals surface area contributed by atoms with Gasteiger partial charge in [-0.25, -0.2) is 0 Å². The summed E-state index contributed by atoms with van der Waals surface area (Å²) in [6, 6.07) is 9.76. The lowest BCUT2D eigenvalue weighted by Gasteiger charge is -2.44. The standard InChI is InChI=1S/C21H30O4/c1-15-11-16-13-19(24-2)18(14-25-17-7-4-3-5-8-17)21(16,9-6-10-22)20(23)12-15/h3-5,7-8,15-16,18-19,22H,6,9-14H2,1-2H3/t15-,16+,18+,19-,21+/m1/s1. The highest BCUT2D eigenvalue weighted by Crippen LogP contribution is 2.58. The van der Waals surface area contributed by atoms with Gasteiger partial charge in [-0.15, -0.1) is 0 Å². The second-order valence-electron chi connectivity index (χ2n) is 7.77. The number of para-hydroxylation sites is 1. The van der Waals surface area contributed by atoms with E-state index in [1.165, 1.54) is 0 Å². The zero-order valence-corrected chi connectivity index (χ0v) is 15.3. The van der Waals surface area contributed by atoms with E-state index in [4.69, 9.17) is 9.47 Å². The van der Waals surface area contributed by atoms with Crippen LogP contribution in [0.2, 0.25) is 0 Å². The second-order valence-corrected chi connectivity index (χ2v) is 7.77. The van der Waals surface area contributed by atoms with Gasteiger partial charge in [-0.2, -0.15) is 0 Å². The van der Waals surface area contributed by atoms with Crippen molar-refractivity contribution in [1.29, 1.82) is 0 Å². The number of ether oxygens (including phenoxy) is 2. The third-order valence-electron chi connectivity index (χ3n) is 6.32. The maximum absolute atomic E-state index is 13.2. The fourth-order valence-electron chi connectivity index (χ4n) is 5.23. The quantitative estimate of drug-likeness (QED) is 0.821. The minimum absolute atomic E-state index is 0.0432. The van der Waals surface area contributed by atoms with Gasteiger partial charge in [0, 0.05) is 31.5 Å². The van der Waals surface area contributed by atoms with E-state index in [-0.39, 0.29) is 18.6 Å². The average molecular weight is 346 g/mol. The molecule has 1 N–H and O–H groups in total. The van der Waals surface area contributed by atoms with Crippen molar-refractivity contribution in [3.63, 3.8) is 0 Å². The molecule has 0 bridgehead atoms. The number of hydrogen-bond acceptors (Lipinski definition) is 4. The number of carbonyl (C=O) groups is 1. The average Bonchev–Trinajstić information content (AvgIpc) is 2.93. The van der Waals surface area contributed by atoms with Gasteiger partial charge in [0.2, 0.25) is 0 Å². The van der Waals surface area contributed by atoms with Crippen molar-refractivity contribution in [3.8, 4) is 5.75 Å². The molecule has 1 aromatic carbocycles. The first kappa shape index (κ1) is 18.4. The van der Waals surface area contributed by atoms with Crippen LogP contribution in [-0.4, -0.2) is 37.3 Å². The van der Waals surface area contributed by atoms with Crippen LogP contribution in [0, 0.1) is 23.2 Å². The van der Waals surface area contributed by atoms with E-state index >= 15 is 0 Å². The normalized spacial score (nSPS) is 34.8. The number of aliphatic hydroxyl groups excluding tert-OH is 1. The molecule has 0 heterocycles. The molecule has 25 heavy (non-hydrogen) atoms. The number of carbonyl (C=O) groups excluding carboxylic acids is 1. The fraction of sp³-hybridized carbons (Fsp3) is 0.667. The molecule has 2 fully saturated rings. The first-order valence-electron chi connectivity index (χ1n) is 9.46. The summed E-state index contributed by atoms with van der Waals surface area (Å²) in [7, 11) is 1.74. The van der Waals surface area contributed by atoms with Crippen LogP contribution < -0.4 is 4.74 Å². The van der Waals surface area contributed by atoms with Gasteiger partial charge in [0.05, 0.1) is 12.7 Å². The van der Waals surface area contributed by atoms with Gasteiger partial charge in [0.1, 0.15) is 11.5 Å². The number of aliphatic hydroxyl groups is 1. The molecular weight excluding hydrogens is 316 g/mol. The zero-order chi connectivity index (χ0) is 17.9. The maximum Gasteiger partial charge on any atom is 0.140 e. The number of ketones is 1. The molecule has 0 saturated heterocycles. The summed E-state index contributed by atoms with van der Waals surface area (Å²) >= 11 is 0. The van der Waals surface area contributed by atoms with Crippen LogP contribution >= 0.6 is 0 Å². The van der Waals surface area contributed by atoms with E-state index in [0.717, 1.165) is 25.0 Å². The number of methoxy groups -OCH3 is 1. The zero-order valence-electron chi connectivity index (χ0n) is 15.3. The van der Waals surface area contributed by atoms with Crippen molar-refractivity contribution in [2.75, 3.05) is 20.3 Å². The van der Waals surface area contributed by atoms with Gasteiger partial charge >= 0.3 is 0 Å². The monoisotopic (exact) mass is 346 g/mol. The molecule has 0 unspecified atom stereocenters. The largest absolute Gasteiger partial charge is 0.493 e. The van der Waals surface area contributed by atoms with Crippen LogP contribution in [0.3, 0.4) is 0 Å². The van der Waals surface area contributed by atoms with Gasteiger partial charge in [-0.05, 0) is 49.7 Å². The summed E-state index contributed by atoms with van der Waals surface area (Å²) in [5.74, 6) is 2.01.